The molecule has 4 heterocycles. The maximum absolute atomic E-state index is 13.5. The Morgan fingerprint density at radius 2 is 1.79 bits per heavy atom. The van der Waals surface area contributed by atoms with E-state index in [-0.39, 0.29) is 17.4 Å². The fourth-order valence-electron chi connectivity index (χ4n) is 3.15. The van der Waals surface area contributed by atoms with Gasteiger partial charge in [-0.2, -0.15) is 18.2 Å². The van der Waals surface area contributed by atoms with Crippen LogP contribution in [0.1, 0.15) is 19.4 Å². The van der Waals surface area contributed by atoms with Crippen LogP contribution in [-0.4, -0.2) is 48.0 Å². The zero-order valence-electron chi connectivity index (χ0n) is 17.5. The van der Waals surface area contributed by atoms with Gasteiger partial charge in [-0.05, 0) is 19.9 Å². The lowest BCUT2D eigenvalue weighted by Crippen LogP contribution is -2.27. The second-order valence-corrected chi connectivity index (χ2v) is 7.14. The first-order valence-electron chi connectivity index (χ1n) is 9.85. The molecular formula is C20H17ClF3N9. The fourth-order valence-corrected chi connectivity index (χ4v) is 3.36. The molecule has 0 saturated heterocycles. The number of hydrogen-bond acceptors (Lipinski definition) is 9. The molecule has 0 aliphatic carbocycles. The second-order valence-electron chi connectivity index (χ2n) is 6.73. The van der Waals surface area contributed by atoms with E-state index in [1.54, 1.807) is 19.9 Å². The summed E-state index contributed by atoms with van der Waals surface area (Å²) in [5.74, 6) is -0.211. The number of halogens is 4. The smallest absolute Gasteiger partial charge is 0.357 e. The number of hydrogen-bond donors (Lipinski definition) is 1. The highest BCUT2D eigenvalue weighted by Gasteiger charge is 2.36. The van der Waals surface area contributed by atoms with Crippen molar-refractivity contribution in [1.29, 1.82) is 0 Å². The van der Waals surface area contributed by atoms with Crippen molar-refractivity contribution in [3.63, 3.8) is 0 Å². The highest BCUT2D eigenvalue weighted by molar-refractivity contribution is 6.32. The molecule has 4 aromatic heterocycles. The largest absolute Gasteiger partial charge is 0.421 e. The normalized spacial score (nSPS) is 11.6. The van der Waals surface area contributed by atoms with Gasteiger partial charge in [0.05, 0.1) is 16.9 Å². The molecule has 13 heteroatoms. The predicted molar refractivity (Wildman–Crippen MR) is 117 cm³/mol. The van der Waals surface area contributed by atoms with Crippen LogP contribution < -0.4 is 10.2 Å². The summed E-state index contributed by atoms with van der Waals surface area (Å²) >= 11 is 6.13. The van der Waals surface area contributed by atoms with E-state index in [2.05, 4.69) is 40.2 Å². The number of anilines is 3. The standard InChI is InChI=1S/C20H17ClF3N9/c1-3-33(4-2)18-11(20(22,23)24)7-28-19(32-18)31-13-5-6-26-17-16(13)27-9-14(30-17)15-12(21)8-25-10-29-15/h5-10H,3-4H2,1-2H3,(H,26,28,30,31,32). The van der Waals surface area contributed by atoms with Crippen LogP contribution in [0.2, 0.25) is 5.02 Å². The highest BCUT2D eigenvalue weighted by Crippen LogP contribution is 2.36. The van der Waals surface area contributed by atoms with Crippen molar-refractivity contribution >= 4 is 40.2 Å². The van der Waals surface area contributed by atoms with E-state index in [1.807, 2.05) is 0 Å². The third-order valence-electron chi connectivity index (χ3n) is 4.74. The van der Waals surface area contributed by atoms with Gasteiger partial charge < -0.3 is 10.2 Å². The lowest BCUT2D eigenvalue weighted by atomic mass is 10.2. The van der Waals surface area contributed by atoms with E-state index in [1.165, 1.54) is 29.8 Å². The molecule has 0 bridgehead atoms. The molecule has 0 aromatic carbocycles. The van der Waals surface area contributed by atoms with Crippen molar-refractivity contribution in [2.45, 2.75) is 20.0 Å². The summed E-state index contributed by atoms with van der Waals surface area (Å²) in [6, 6.07) is 1.60. The molecule has 9 nitrogen and oxygen atoms in total. The molecule has 0 unspecified atom stereocenters. The number of alkyl halides is 3. The predicted octanol–water partition coefficient (Wildman–Crippen LogP) is 4.53. The number of rotatable bonds is 6. The van der Waals surface area contributed by atoms with Crippen molar-refractivity contribution in [1.82, 2.24) is 34.9 Å². The van der Waals surface area contributed by atoms with E-state index in [0.29, 0.717) is 40.7 Å². The SMILES string of the molecule is CCN(CC)c1nc(Nc2ccnc3nc(-c4ncncc4Cl)cnc23)ncc1C(F)(F)F. The summed E-state index contributed by atoms with van der Waals surface area (Å²) in [5.41, 5.74) is 0.980. The minimum atomic E-state index is -4.58. The van der Waals surface area contributed by atoms with Crippen LogP contribution in [0, 0.1) is 0 Å². The van der Waals surface area contributed by atoms with Gasteiger partial charge in [0.25, 0.3) is 0 Å². The Morgan fingerprint density at radius 3 is 2.48 bits per heavy atom. The third kappa shape index (κ3) is 4.60. The van der Waals surface area contributed by atoms with E-state index in [9.17, 15) is 13.2 Å². The van der Waals surface area contributed by atoms with Crippen molar-refractivity contribution in [2.24, 2.45) is 0 Å². The van der Waals surface area contributed by atoms with Crippen LogP contribution >= 0.6 is 11.6 Å². The summed E-state index contributed by atoms with van der Waals surface area (Å²) in [4.78, 5) is 30.5. The summed E-state index contributed by atoms with van der Waals surface area (Å²) in [7, 11) is 0. The Bertz CT molecular complexity index is 1300. The van der Waals surface area contributed by atoms with Crippen LogP contribution in [0.15, 0.2) is 37.2 Å². The second kappa shape index (κ2) is 9.06. The van der Waals surface area contributed by atoms with E-state index < -0.39 is 11.7 Å². The first-order chi connectivity index (χ1) is 15.8. The zero-order valence-corrected chi connectivity index (χ0v) is 18.2. The molecule has 0 saturated carbocycles. The van der Waals surface area contributed by atoms with Crippen molar-refractivity contribution < 1.29 is 13.2 Å². The van der Waals surface area contributed by atoms with Crippen molar-refractivity contribution in [3.05, 3.63) is 47.8 Å². The molecule has 0 spiro atoms. The first kappa shape index (κ1) is 22.5. The van der Waals surface area contributed by atoms with Gasteiger partial charge >= 0.3 is 6.18 Å². The molecule has 0 fully saturated rings. The van der Waals surface area contributed by atoms with Gasteiger partial charge in [0, 0.05) is 31.7 Å². The van der Waals surface area contributed by atoms with E-state index in [0.717, 1.165) is 6.20 Å². The highest BCUT2D eigenvalue weighted by atomic mass is 35.5. The quantitative estimate of drug-likeness (QED) is 0.430. The summed E-state index contributed by atoms with van der Waals surface area (Å²) in [5, 5.41) is 3.24. The Hall–Kier alpha value is -3.67. The molecule has 4 aromatic rings. The average molecular weight is 476 g/mol. The zero-order chi connectivity index (χ0) is 23.6. The number of aromatic nitrogens is 7. The van der Waals surface area contributed by atoms with Crippen LogP contribution in [0.4, 0.5) is 30.6 Å². The number of nitrogens with zero attached hydrogens (tertiary/aromatic N) is 8. The minimum Gasteiger partial charge on any atom is -0.357 e. The topological polar surface area (TPSA) is 106 Å². The van der Waals surface area contributed by atoms with E-state index >= 15 is 0 Å². The fraction of sp³-hybridized carbons (Fsp3) is 0.250. The molecular weight excluding hydrogens is 459 g/mol. The summed E-state index contributed by atoms with van der Waals surface area (Å²) in [6.07, 6.45) is 1.93. The Labute approximate surface area is 191 Å². The van der Waals surface area contributed by atoms with Gasteiger partial charge in [0.2, 0.25) is 5.95 Å². The lowest BCUT2D eigenvalue weighted by molar-refractivity contribution is -0.137. The molecule has 1 N–H and O–H groups in total. The average Bonchev–Trinajstić information content (AvgIpc) is 2.79. The van der Waals surface area contributed by atoms with Crippen molar-refractivity contribution in [3.8, 4) is 11.4 Å². The monoisotopic (exact) mass is 475 g/mol. The Balaban J connectivity index is 1.73. The number of fused-ring (bicyclic) bond motifs is 1. The van der Waals surface area contributed by atoms with Gasteiger partial charge in [0.1, 0.15) is 34.6 Å². The minimum absolute atomic E-state index is 0.0119. The van der Waals surface area contributed by atoms with E-state index in [4.69, 9.17) is 11.6 Å². The maximum Gasteiger partial charge on any atom is 0.421 e. The van der Waals surface area contributed by atoms with Crippen LogP contribution in [-0.2, 0) is 6.18 Å². The number of pyridine rings is 1. The summed E-state index contributed by atoms with van der Waals surface area (Å²) in [6.45, 7) is 4.22. The molecule has 33 heavy (non-hydrogen) atoms. The molecule has 0 aliphatic heterocycles. The van der Waals surface area contributed by atoms with Gasteiger partial charge in [-0.1, -0.05) is 11.6 Å². The van der Waals surface area contributed by atoms with Gasteiger partial charge in [0.15, 0.2) is 5.65 Å². The van der Waals surface area contributed by atoms with Gasteiger partial charge in [-0.3, -0.25) is 0 Å². The molecule has 170 valence electrons. The van der Waals surface area contributed by atoms with Crippen LogP contribution in [0.25, 0.3) is 22.6 Å². The van der Waals surface area contributed by atoms with Gasteiger partial charge in [-0.25, -0.2) is 29.9 Å². The maximum atomic E-state index is 13.5. The molecule has 0 atom stereocenters. The molecule has 0 amide bonds. The lowest BCUT2D eigenvalue weighted by Gasteiger charge is -2.24. The van der Waals surface area contributed by atoms with Crippen molar-refractivity contribution in [2.75, 3.05) is 23.3 Å². The summed E-state index contributed by atoms with van der Waals surface area (Å²) < 4.78 is 40.4. The Morgan fingerprint density at radius 1 is 1.00 bits per heavy atom. The Kier molecular flexibility index (Phi) is 6.18. The molecule has 0 aliphatic rings. The number of nitrogens with one attached hydrogen (secondary N) is 1. The third-order valence-corrected chi connectivity index (χ3v) is 5.02. The molecule has 0 radical (unpaired) electrons. The van der Waals surface area contributed by atoms with Crippen LogP contribution in [0.3, 0.4) is 0 Å². The molecule has 4 rings (SSSR count). The van der Waals surface area contributed by atoms with Crippen LogP contribution in [0.5, 0.6) is 0 Å². The van der Waals surface area contributed by atoms with Gasteiger partial charge in [-0.15, -0.1) is 0 Å². The first-order valence-corrected chi connectivity index (χ1v) is 10.2.